The van der Waals surface area contributed by atoms with Crippen LogP contribution in [0.1, 0.15) is 6.42 Å². The van der Waals surface area contributed by atoms with Gasteiger partial charge in [-0.05, 0) is 24.3 Å². The SMILES string of the molecule is C[N+](C)(C)C(O)CCOc1cccc2c(=O)c3ccccc3sc12.[Cl-]. The van der Waals surface area contributed by atoms with Crippen LogP contribution in [0.4, 0.5) is 0 Å². The first-order valence-corrected chi connectivity index (χ1v) is 8.76. The smallest absolute Gasteiger partial charge is 0.196 e. The molecular formula is C19H22ClNO3S. The molecule has 25 heavy (non-hydrogen) atoms. The second-order valence-corrected chi connectivity index (χ2v) is 7.85. The molecule has 0 aliphatic rings. The molecule has 3 aromatic rings. The summed E-state index contributed by atoms with van der Waals surface area (Å²) in [6, 6.07) is 13.2. The average molecular weight is 380 g/mol. The highest BCUT2D eigenvalue weighted by Gasteiger charge is 2.20. The maximum absolute atomic E-state index is 12.7. The lowest BCUT2D eigenvalue weighted by Crippen LogP contribution is -3.00. The molecule has 4 nitrogen and oxygen atoms in total. The van der Waals surface area contributed by atoms with Crippen LogP contribution < -0.4 is 22.6 Å². The highest BCUT2D eigenvalue weighted by molar-refractivity contribution is 7.24. The van der Waals surface area contributed by atoms with Crippen molar-refractivity contribution in [2.24, 2.45) is 0 Å². The molecule has 3 rings (SSSR count). The van der Waals surface area contributed by atoms with E-state index in [1.807, 2.05) is 63.6 Å². The molecule has 0 radical (unpaired) electrons. The zero-order valence-corrected chi connectivity index (χ0v) is 16.1. The lowest BCUT2D eigenvalue weighted by Gasteiger charge is -2.29. The second kappa shape index (κ2) is 7.70. The van der Waals surface area contributed by atoms with Crippen molar-refractivity contribution in [3.05, 3.63) is 52.7 Å². The van der Waals surface area contributed by atoms with Crippen LogP contribution in [0.2, 0.25) is 0 Å². The number of hydrogen-bond acceptors (Lipinski definition) is 4. The zero-order chi connectivity index (χ0) is 17.3. The van der Waals surface area contributed by atoms with Crippen LogP contribution in [0.5, 0.6) is 5.75 Å². The summed E-state index contributed by atoms with van der Waals surface area (Å²) >= 11 is 1.57. The Morgan fingerprint density at radius 1 is 1.08 bits per heavy atom. The van der Waals surface area contributed by atoms with Gasteiger partial charge in [-0.3, -0.25) is 4.79 Å². The van der Waals surface area contributed by atoms with Gasteiger partial charge in [0.2, 0.25) is 0 Å². The van der Waals surface area contributed by atoms with Gasteiger partial charge in [-0.2, -0.15) is 0 Å². The van der Waals surface area contributed by atoms with Crippen molar-refractivity contribution in [2.45, 2.75) is 12.6 Å². The van der Waals surface area contributed by atoms with Crippen LogP contribution in [-0.2, 0) is 0 Å². The summed E-state index contributed by atoms with van der Waals surface area (Å²) in [5, 5.41) is 11.5. The van der Waals surface area contributed by atoms with E-state index < -0.39 is 6.23 Å². The summed E-state index contributed by atoms with van der Waals surface area (Å²) in [6.07, 6.45) is 0.0436. The monoisotopic (exact) mass is 379 g/mol. The molecule has 2 aromatic carbocycles. The van der Waals surface area contributed by atoms with Crippen molar-refractivity contribution in [3.8, 4) is 5.75 Å². The number of fused-ring (bicyclic) bond motifs is 2. The van der Waals surface area contributed by atoms with E-state index >= 15 is 0 Å². The second-order valence-electron chi connectivity index (χ2n) is 6.79. The molecule has 1 unspecified atom stereocenters. The number of ether oxygens (including phenoxy) is 1. The zero-order valence-electron chi connectivity index (χ0n) is 14.5. The number of benzene rings is 2. The van der Waals surface area contributed by atoms with Gasteiger partial charge >= 0.3 is 0 Å². The van der Waals surface area contributed by atoms with E-state index in [4.69, 9.17) is 4.74 Å². The summed E-state index contributed by atoms with van der Waals surface area (Å²) in [6.45, 7) is 0.406. The Bertz CT molecular complexity index is 933. The normalized spacial score (nSPS) is 12.8. The Morgan fingerprint density at radius 3 is 2.48 bits per heavy atom. The quantitative estimate of drug-likeness (QED) is 0.392. The maximum atomic E-state index is 12.7. The van der Waals surface area contributed by atoms with Gasteiger partial charge in [0.1, 0.15) is 5.75 Å². The molecule has 134 valence electrons. The van der Waals surface area contributed by atoms with Gasteiger partial charge in [0.15, 0.2) is 11.7 Å². The largest absolute Gasteiger partial charge is 1.00 e. The molecule has 0 bridgehead atoms. The van der Waals surface area contributed by atoms with Gasteiger partial charge in [0, 0.05) is 15.5 Å². The molecule has 0 saturated carbocycles. The van der Waals surface area contributed by atoms with Crippen molar-refractivity contribution >= 4 is 31.5 Å². The van der Waals surface area contributed by atoms with Gasteiger partial charge in [0.25, 0.3) is 0 Å². The van der Waals surface area contributed by atoms with E-state index in [2.05, 4.69) is 0 Å². The van der Waals surface area contributed by atoms with Crippen LogP contribution in [0.3, 0.4) is 0 Å². The van der Waals surface area contributed by atoms with Gasteiger partial charge in [-0.1, -0.05) is 18.2 Å². The third-order valence-corrected chi connectivity index (χ3v) is 5.30. The van der Waals surface area contributed by atoms with E-state index in [9.17, 15) is 9.90 Å². The predicted molar refractivity (Wildman–Crippen MR) is 99.8 cm³/mol. The molecule has 0 saturated heterocycles. The Balaban J connectivity index is 0.00000225. The number of aliphatic hydroxyl groups is 1. The summed E-state index contributed by atoms with van der Waals surface area (Å²) < 4.78 is 8.18. The van der Waals surface area contributed by atoms with Gasteiger partial charge < -0.3 is 26.7 Å². The first-order valence-electron chi connectivity index (χ1n) is 7.94. The minimum atomic E-state index is -0.487. The summed E-state index contributed by atoms with van der Waals surface area (Å²) in [5.41, 5.74) is 0.0381. The molecule has 1 atom stereocenters. The number of nitrogens with zero attached hydrogens (tertiary/aromatic N) is 1. The first-order chi connectivity index (χ1) is 11.4. The fourth-order valence-corrected chi connectivity index (χ4v) is 3.71. The molecule has 6 heteroatoms. The van der Waals surface area contributed by atoms with E-state index in [0.29, 0.717) is 28.6 Å². The molecule has 1 heterocycles. The molecule has 1 N–H and O–H groups in total. The molecule has 0 fully saturated rings. The van der Waals surface area contributed by atoms with Crippen LogP contribution in [0.25, 0.3) is 20.2 Å². The molecule has 0 aliphatic heterocycles. The number of quaternary nitrogens is 1. The standard InChI is InChI=1S/C19H22NO3S.ClH/c1-20(2,3)17(21)11-12-23-15-9-6-8-14-18(22)13-7-4-5-10-16(13)24-19(14)15;/h4-10,17,21H,11-12H2,1-3H3;1H/q+1;/p-1. The third-order valence-electron chi connectivity index (χ3n) is 4.09. The maximum Gasteiger partial charge on any atom is 0.196 e. The fourth-order valence-electron chi connectivity index (χ4n) is 2.57. The summed E-state index contributed by atoms with van der Waals surface area (Å²) in [5.74, 6) is 0.703. The van der Waals surface area contributed by atoms with Crippen molar-refractivity contribution in [1.82, 2.24) is 0 Å². The molecule has 0 amide bonds. The Labute approximate surface area is 157 Å². The Morgan fingerprint density at radius 2 is 1.76 bits per heavy atom. The number of hydrogen-bond donors (Lipinski definition) is 1. The van der Waals surface area contributed by atoms with E-state index in [1.165, 1.54) is 0 Å². The first kappa shape index (κ1) is 19.7. The molecular weight excluding hydrogens is 358 g/mol. The van der Waals surface area contributed by atoms with Crippen molar-refractivity contribution < 1.29 is 26.7 Å². The number of halogens is 1. The lowest BCUT2D eigenvalue weighted by molar-refractivity contribution is -0.919. The summed E-state index contributed by atoms with van der Waals surface area (Å²) in [7, 11) is 5.83. The van der Waals surface area contributed by atoms with Crippen LogP contribution in [-0.4, -0.2) is 43.6 Å². The highest BCUT2D eigenvalue weighted by Crippen LogP contribution is 2.32. The van der Waals surface area contributed by atoms with E-state index in [1.54, 1.807) is 11.3 Å². The van der Waals surface area contributed by atoms with Crippen molar-refractivity contribution in [3.63, 3.8) is 0 Å². The lowest BCUT2D eigenvalue weighted by atomic mass is 10.2. The van der Waals surface area contributed by atoms with Crippen molar-refractivity contribution in [2.75, 3.05) is 27.7 Å². The van der Waals surface area contributed by atoms with Crippen molar-refractivity contribution in [1.29, 1.82) is 0 Å². The fraction of sp³-hybridized carbons (Fsp3) is 0.316. The number of rotatable bonds is 5. The minimum Gasteiger partial charge on any atom is -1.00 e. The number of aliphatic hydroxyl groups excluding tert-OH is 1. The topological polar surface area (TPSA) is 46.5 Å². The average Bonchev–Trinajstić information content (AvgIpc) is 2.55. The highest BCUT2D eigenvalue weighted by atomic mass is 35.5. The summed E-state index contributed by atoms with van der Waals surface area (Å²) in [4.78, 5) is 12.7. The molecule has 0 aliphatic carbocycles. The molecule has 1 aromatic heterocycles. The molecule has 0 spiro atoms. The van der Waals surface area contributed by atoms with Crippen LogP contribution in [0.15, 0.2) is 47.3 Å². The Hall–Kier alpha value is -1.66. The Kier molecular flexibility index (Phi) is 6.06. The van der Waals surface area contributed by atoms with Crippen LogP contribution >= 0.6 is 11.3 Å². The van der Waals surface area contributed by atoms with E-state index in [-0.39, 0.29) is 17.8 Å². The van der Waals surface area contributed by atoms with Gasteiger partial charge in [-0.15, -0.1) is 11.3 Å². The van der Waals surface area contributed by atoms with Gasteiger partial charge in [0.05, 0.1) is 38.9 Å². The van der Waals surface area contributed by atoms with E-state index in [0.717, 1.165) is 14.8 Å². The predicted octanol–water partition coefficient (Wildman–Crippen LogP) is 0.212. The third kappa shape index (κ3) is 4.12. The minimum absolute atomic E-state index is 0. The van der Waals surface area contributed by atoms with Crippen LogP contribution in [0, 0.1) is 0 Å². The van der Waals surface area contributed by atoms with Gasteiger partial charge in [-0.25, -0.2) is 0 Å².